The fourth-order valence-corrected chi connectivity index (χ4v) is 2.02. The summed E-state index contributed by atoms with van der Waals surface area (Å²) in [4.78, 5) is 15.4. The van der Waals surface area contributed by atoms with Crippen molar-refractivity contribution in [3.63, 3.8) is 0 Å². The Labute approximate surface area is 82.8 Å². The van der Waals surface area contributed by atoms with E-state index in [2.05, 4.69) is 4.98 Å². The van der Waals surface area contributed by atoms with Gasteiger partial charge < -0.3 is 5.11 Å². The molecule has 3 heteroatoms. The number of aromatic nitrogens is 1. The number of hydrogen-bond donors (Lipinski definition) is 1. The lowest BCUT2D eigenvalue weighted by molar-refractivity contribution is -0.139. The van der Waals surface area contributed by atoms with E-state index in [1.54, 1.807) is 0 Å². The molecular formula is C11H13NO2. The Kier molecular flexibility index (Phi) is 2.23. The Bertz CT molecular complexity index is 374. The molecule has 3 nitrogen and oxygen atoms in total. The summed E-state index contributed by atoms with van der Waals surface area (Å²) in [7, 11) is 0. The highest BCUT2D eigenvalue weighted by Gasteiger charge is 2.26. The summed E-state index contributed by atoms with van der Waals surface area (Å²) < 4.78 is 0. The molecule has 0 bridgehead atoms. The van der Waals surface area contributed by atoms with Crippen LogP contribution in [0, 0.1) is 6.92 Å². The van der Waals surface area contributed by atoms with E-state index in [0.717, 1.165) is 36.2 Å². The summed E-state index contributed by atoms with van der Waals surface area (Å²) in [5.41, 5.74) is 2.85. The molecular weight excluding hydrogens is 178 g/mol. The fraction of sp³-hybridized carbons (Fsp3) is 0.455. The maximum absolute atomic E-state index is 11.0. The quantitative estimate of drug-likeness (QED) is 0.737. The Hall–Kier alpha value is -1.38. The molecule has 0 aromatic carbocycles. The number of carboxylic acid groups (broad SMARTS) is 1. The highest BCUT2D eigenvalue weighted by atomic mass is 16.4. The van der Waals surface area contributed by atoms with Crippen LogP contribution >= 0.6 is 0 Å². The highest BCUT2D eigenvalue weighted by molar-refractivity contribution is 5.76. The van der Waals surface area contributed by atoms with Gasteiger partial charge in [-0.1, -0.05) is 6.07 Å². The standard InChI is InChI=1S/C11H13NO2/c1-7-5-6-8-9(11(13)14)3-2-4-10(8)12-7/h5-6,9H,2-4H2,1H3,(H,13,14). The van der Waals surface area contributed by atoms with Gasteiger partial charge in [-0.3, -0.25) is 9.78 Å². The van der Waals surface area contributed by atoms with E-state index >= 15 is 0 Å². The number of carboxylic acids is 1. The topological polar surface area (TPSA) is 50.2 Å². The zero-order valence-electron chi connectivity index (χ0n) is 8.16. The molecule has 74 valence electrons. The largest absolute Gasteiger partial charge is 0.481 e. The Balaban J connectivity index is 2.44. The molecule has 2 rings (SSSR count). The van der Waals surface area contributed by atoms with E-state index in [1.807, 2.05) is 19.1 Å². The number of nitrogens with zero attached hydrogens (tertiary/aromatic N) is 1. The number of fused-ring (bicyclic) bond motifs is 1. The lowest BCUT2D eigenvalue weighted by Crippen LogP contribution is -2.19. The molecule has 1 aliphatic rings. The van der Waals surface area contributed by atoms with Crippen molar-refractivity contribution in [2.24, 2.45) is 0 Å². The minimum absolute atomic E-state index is 0.341. The lowest BCUT2D eigenvalue weighted by atomic mass is 9.85. The molecule has 1 N–H and O–H groups in total. The third-order valence-electron chi connectivity index (χ3n) is 2.73. The predicted molar refractivity (Wildman–Crippen MR) is 52.3 cm³/mol. The van der Waals surface area contributed by atoms with Crippen LogP contribution < -0.4 is 0 Å². The number of hydrogen-bond acceptors (Lipinski definition) is 2. The fourth-order valence-electron chi connectivity index (χ4n) is 2.02. The number of carbonyl (C=O) groups is 1. The molecule has 1 aromatic rings. The molecule has 1 aromatic heterocycles. The van der Waals surface area contributed by atoms with E-state index in [0.29, 0.717) is 0 Å². The summed E-state index contributed by atoms with van der Waals surface area (Å²) in [5, 5.41) is 9.03. The van der Waals surface area contributed by atoms with E-state index in [4.69, 9.17) is 5.11 Å². The number of pyridine rings is 1. The second-order valence-corrected chi connectivity index (χ2v) is 3.77. The molecule has 1 heterocycles. The van der Waals surface area contributed by atoms with Gasteiger partial charge in [0, 0.05) is 11.4 Å². The van der Waals surface area contributed by atoms with Crippen molar-refractivity contribution >= 4 is 5.97 Å². The van der Waals surface area contributed by atoms with Crippen LogP contribution in [0.5, 0.6) is 0 Å². The normalized spacial score (nSPS) is 20.2. The van der Waals surface area contributed by atoms with Crippen molar-refractivity contribution in [1.29, 1.82) is 0 Å². The summed E-state index contributed by atoms with van der Waals surface area (Å²) in [6.07, 6.45) is 2.59. The van der Waals surface area contributed by atoms with Crippen LogP contribution in [-0.4, -0.2) is 16.1 Å². The second kappa shape index (κ2) is 3.40. The van der Waals surface area contributed by atoms with Crippen molar-refractivity contribution < 1.29 is 9.90 Å². The molecule has 1 unspecified atom stereocenters. The molecule has 0 saturated heterocycles. The zero-order valence-corrected chi connectivity index (χ0v) is 8.16. The summed E-state index contributed by atoms with van der Waals surface area (Å²) in [5.74, 6) is -1.07. The maximum Gasteiger partial charge on any atom is 0.311 e. The highest BCUT2D eigenvalue weighted by Crippen LogP contribution is 2.30. The van der Waals surface area contributed by atoms with Gasteiger partial charge in [0.2, 0.25) is 0 Å². The molecule has 0 saturated carbocycles. The number of rotatable bonds is 1. The molecule has 0 spiro atoms. The Morgan fingerprint density at radius 3 is 3.07 bits per heavy atom. The van der Waals surface area contributed by atoms with Crippen LogP contribution in [0.15, 0.2) is 12.1 Å². The third kappa shape index (κ3) is 1.50. The SMILES string of the molecule is Cc1ccc2c(n1)CCCC2C(=O)O. The van der Waals surface area contributed by atoms with Crippen LogP contribution in [-0.2, 0) is 11.2 Å². The number of aliphatic carboxylic acids is 1. The molecule has 0 fully saturated rings. The second-order valence-electron chi connectivity index (χ2n) is 3.77. The van der Waals surface area contributed by atoms with E-state index < -0.39 is 5.97 Å². The van der Waals surface area contributed by atoms with Crippen molar-refractivity contribution in [3.8, 4) is 0 Å². The van der Waals surface area contributed by atoms with Gasteiger partial charge in [-0.05, 0) is 37.8 Å². The minimum atomic E-state index is -0.725. The first-order valence-electron chi connectivity index (χ1n) is 4.87. The van der Waals surface area contributed by atoms with E-state index in [9.17, 15) is 4.79 Å². The van der Waals surface area contributed by atoms with Crippen molar-refractivity contribution in [2.45, 2.75) is 32.1 Å². The zero-order chi connectivity index (χ0) is 10.1. The molecule has 14 heavy (non-hydrogen) atoms. The summed E-state index contributed by atoms with van der Waals surface area (Å²) >= 11 is 0. The van der Waals surface area contributed by atoms with Crippen LogP contribution in [0.25, 0.3) is 0 Å². The first kappa shape index (κ1) is 9.19. The first-order valence-corrected chi connectivity index (χ1v) is 4.87. The van der Waals surface area contributed by atoms with Gasteiger partial charge in [0.25, 0.3) is 0 Å². The van der Waals surface area contributed by atoms with Gasteiger partial charge in [-0.2, -0.15) is 0 Å². The molecule has 0 amide bonds. The van der Waals surface area contributed by atoms with Crippen molar-refractivity contribution in [3.05, 3.63) is 29.1 Å². The van der Waals surface area contributed by atoms with Gasteiger partial charge in [0.15, 0.2) is 0 Å². The maximum atomic E-state index is 11.0. The lowest BCUT2D eigenvalue weighted by Gasteiger charge is -2.21. The van der Waals surface area contributed by atoms with Gasteiger partial charge in [0.05, 0.1) is 5.92 Å². The van der Waals surface area contributed by atoms with E-state index in [-0.39, 0.29) is 5.92 Å². The van der Waals surface area contributed by atoms with Gasteiger partial charge in [-0.15, -0.1) is 0 Å². The van der Waals surface area contributed by atoms with Crippen molar-refractivity contribution in [2.75, 3.05) is 0 Å². The average Bonchev–Trinajstić information content (AvgIpc) is 2.16. The van der Waals surface area contributed by atoms with E-state index in [1.165, 1.54) is 0 Å². The van der Waals surface area contributed by atoms with Gasteiger partial charge in [-0.25, -0.2) is 0 Å². The van der Waals surface area contributed by atoms with Crippen LogP contribution in [0.3, 0.4) is 0 Å². The smallest absolute Gasteiger partial charge is 0.311 e. The van der Waals surface area contributed by atoms with Crippen LogP contribution in [0.4, 0.5) is 0 Å². The van der Waals surface area contributed by atoms with Crippen LogP contribution in [0.1, 0.15) is 35.7 Å². The summed E-state index contributed by atoms with van der Waals surface area (Å²) in [6.45, 7) is 1.94. The van der Waals surface area contributed by atoms with Crippen LogP contribution in [0.2, 0.25) is 0 Å². The Morgan fingerprint density at radius 2 is 2.36 bits per heavy atom. The molecule has 1 aliphatic carbocycles. The first-order chi connectivity index (χ1) is 6.68. The Morgan fingerprint density at radius 1 is 1.57 bits per heavy atom. The molecule has 1 atom stereocenters. The monoisotopic (exact) mass is 191 g/mol. The minimum Gasteiger partial charge on any atom is -0.481 e. The number of aryl methyl sites for hydroxylation is 2. The third-order valence-corrected chi connectivity index (χ3v) is 2.73. The molecule has 0 radical (unpaired) electrons. The van der Waals surface area contributed by atoms with Gasteiger partial charge in [0.1, 0.15) is 0 Å². The summed E-state index contributed by atoms with van der Waals surface area (Å²) in [6, 6.07) is 3.80. The predicted octanol–water partition coefficient (Wildman–Crippen LogP) is 1.89. The van der Waals surface area contributed by atoms with Crippen molar-refractivity contribution in [1.82, 2.24) is 4.98 Å². The molecule has 0 aliphatic heterocycles. The average molecular weight is 191 g/mol. The van der Waals surface area contributed by atoms with Gasteiger partial charge >= 0.3 is 5.97 Å².